The molecular weight excluding hydrogens is 250 g/mol. The van der Waals surface area contributed by atoms with Crippen molar-refractivity contribution in [2.24, 2.45) is 5.92 Å². The van der Waals surface area contributed by atoms with E-state index in [9.17, 15) is 9.59 Å². The van der Waals surface area contributed by atoms with Crippen LogP contribution in [0.4, 0.5) is 0 Å². The number of carboxylic acid groups (broad SMARTS) is 1. The Hall–Kier alpha value is -1.62. The van der Waals surface area contributed by atoms with Crippen molar-refractivity contribution in [3.8, 4) is 0 Å². The molecule has 1 aromatic rings. The summed E-state index contributed by atoms with van der Waals surface area (Å²) in [7, 11) is 0. The van der Waals surface area contributed by atoms with Gasteiger partial charge in [-0.3, -0.25) is 9.59 Å². The highest BCUT2D eigenvalue weighted by Gasteiger charge is 2.33. The number of amides is 1. The summed E-state index contributed by atoms with van der Waals surface area (Å²) in [6.07, 6.45) is 5.45. The van der Waals surface area contributed by atoms with Gasteiger partial charge < -0.3 is 10.4 Å². The molecule has 2 N–H and O–H groups in total. The lowest BCUT2D eigenvalue weighted by atomic mass is 10.0. The largest absolute Gasteiger partial charge is 0.481 e. The highest BCUT2D eigenvalue weighted by molar-refractivity contribution is 7.10. The quantitative estimate of drug-likeness (QED) is 0.820. The highest BCUT2D eigenvalue weighted by atomic mass is 32.1. The van der Waals surface area contributed by atoms with Crippen LogP contribution < -0.4 is 5.32 Å². The van der Waals surface area contributed by atoms with Crippen molar-refractivity contribution >= 4 is 29.3 Å². The van der Waals surface area contributed by atoms with Crippen molar-refractivity contribution in [1.82, 2.24) is 5.32 Å². The van der Waals surface area contributed by atoms with Gasteiger partial charge in [-0.05, 0) is 30.4 Å². The Morgan fingerprint density at radius 1 is 1.44 bits per heavy atom. The van der Waals surface area contributed by atoms with Crippen LogP contribution in [0.2, 0.25) is 0 Å². The number of rotatable bonds is 4. The average Bonchev–Trinajstić information content (AvgIpc) is 2.96. The summed E-state index contributed by atoms with van der Waals surface area (Å²) in [4.78, 5) is 23.7. The Morgan fingerprint density at radius 3 is 2.94 bits per heavy atom. The summed E-state index contributed by atoms with van der Waals surface area (Å²) < 4.78 is 0. The van der Waals surface area contributed by atoms with Gasteiger partial charge in [-0.2, -0.15) is 0 Å². The first kappa shape index (κ1) is 12.8. The Balaban J connectivity index is 1.89. The predicted molar refractivity (Wildman–Crippen MR) is 70.3 cm³/mol. The molecule has 1 heterocycles. The van der Waals surface area contributed by atoms with Crippen molar-refractivity contribution in [2.45, 2.75) is 25.3 Å². The second kappa shape index (κ2) is 5.82. The van der Waals surface area contributed by atoms with Gasteiger partial charge in [0.25, 0.3) is 0 Å². The predicted octanol–water partition coefficient (Wildman–Crippen LogP) is 2.13. The van der Waals surface area contributed by atoms with E-state index in [4.69, 9.17) is 5.11 Å². The molecule has 0 radical (unpaired) electrons. The van der Waals surface area contributed by atoms with E-state index in [0.717, 1.165) is 17.7 Å². The minimum absolute atomic E-state index is 0.221. The van der Waals surface area contributed by atoms with Gasteiger partial charge in [0.05, 0.1) is 5.92 Å². The van der Waals surface area contributed by atoms with Crippen LogP contribution in [0.15, 0.2) is 23.6 Å². The summed E-state index contributed by atoms with van der Waals surface area (Å²) in [5.41, 5.74) is 0. The third-order valence-electron chi connectivity index (χ3n) is 3.10. The van der Waals surface area contributed by atoms with Gasteiger partial charge in [-0.1, -0.05) is 12.5 Å². The minimum Gasteiger partial charge on any atom is -0.481 e. The maximum Gasteiger partial charge on any atom is 0.308 e. The molecule has 1 aliphatic rings. The Kier molecular flexibility index (Phi) is 4.15. The zero-order valence-corrected chi connectivity index (χ0v) is 10.7. The lowest BCUT2D eigenvalue weighted by Crippen LogP contribution is -2.39. The number of thiophene rings is 1. The summed E-state index contributed by atoms with van der Waals surface area (Å²) in [5, 5.41) is 13.7. The highest BCUT2D eigenvalue weighted by Crippen LogP contribution is 2.25. The number of carbonyl (C=O) groups is 2. The molecule has 1 aromatic heterocycles. The molecule has 18 heavy (non-hydrogen) atoms. The van der Waals surface area contributed by atoms with E-state index in [0.29, 0.717) is 6.42 Å². The first-order chi connectivity index (χ1) is 8.66. The molecule has 0 aromatic carbocycles. The Labute approximate surface area is 109 Å². The van der Waals surface area contributed by atoms with Gasteiger partial charge in [0.1, 0.15) is 0 Å². The van der Waals surface area contributed by atoms with E-state index in [1.165, 1.54) is 6.08 Å². The van der Waals surface area contributed by atoms with E-state index >= 15 is 0 Å². The van der Waals surface area contributed by atoms with Gasteiger partial charge in [0, 0.05) is 17.0 Å². The van der Waals surface area contributed by atoms with Crippen molar-refractivity contribution < 1.29 is 14.7 Å². The number of aliphatic carboxylic acids is 1. The minimum atomic E-state index is -0.819. The van der Waals surface area contributed by atoms with Crippen LogP contribution in [-0.2, 0) is 9.59 Å². The second-order valence-electron chi connectivity index (χ2n) is 4.34. The Morgan fingerprint density at radius 2 is 2.28 bits per heavy atom. The van der Waals surface area contributed by atoms with E-state index in [1.54, 1.807) is 17.4 Å². The molecule has 2 unspecified atom stereocenters. The molecule has 0 spiro atoms. The zero-order chi connectivity index (χ0) is 13.0. The van der Waals surface area contributed by atoms with Gasteiger partial charge in [0.15, 0.2) is 0 Å². The summed E-state index contributed by atoms with van der Waals surface area (Å²) in [6.45, 7) is 0. The fourth-order valence-electron chi connectivity index (χ4n) is 2.20. The van der Waals surface area contributed by atoms with E-state index in [-0.39, 0.29) is 11.9 Å². The van der Waals surface area contributed by atoms with Crippen LogP contribution in [0.3, 0.4) is 0 Å². The van der Waals surface area contributed by atoms with Gasteiger partial charge in [-0.25, -0.2) is 0 Å². The number of carbonyl (C=O) groups excluding carboxylic acids is 1. The molecule has 5 heteroatoms. The van der Waals surface area contributed by atoms with Gasteiger partial charge in [0.2, 0.25) is 5.91 Å². The average molecular weight is 265 g/mol. The van der Waals surface area contributed by atoms with Crippen LogP contribution in [0.5, 0.6) is 0 Å². The van der Waals surface area contributed by atoms with E-state index < -0.39 is 11.9 Å². The summed E-state index contributed by atoms with van der Waals surface area (Å²) in [6, 6.07) is 3.60. The van der Waals surface area contributed by atoms with Gasteiger partial charge in [-0.15, -0.1) is 11.3 Å². The molecule has 1 fully saturated rings. The molecule has 2 rings (SSSR count). The number of hydrogen-bond acceptors (Lipinski definition) is 3. The summed E-state index contributed by atoms with van der Waals surface area (Å²) >= 11 is 1.55. The maximum atomic E-state index is 11.7. The Bertz CT molecular complexity index is 453. The molecule has 1 amide bonds. The number of hydrogen-bond donors (Lipinski definition) is 2. The molecule has 0 bridgehead atoms. The fourth-order valence-corrected chi connectivity index (χ4v) is 2.82. The monoisotopic (exact) mass is 265 g/mol. The first-order valence-corrected chi connectivity index (χ1v) is 6.79. The molecular formula is C13H15NO3S. The van der Waals surface area contributed by atoms with E-state index in [1.807, 2.05) is 17.5 Å². The SMILES string of the molecule is O=C(C=Cc1cccs1)NC1CCCC1C(=O)O. The van der Waals surface area contributed by atoms with Crippen molar-refractivity contribution in [3.05, 3.63) is 28.5 Å². The van der Waals surface area contributed by atoms with Gasteiger partial charge >= 0.3 is 5.97 Å². The lowest BCUT2D eigenvalue weighted by molar-refractivity contribution is -0.142. The third kappa shape index (κ3) is 3.20. The number of carboxylic acids is 1. The normalized spacial score (nSPS) is 23.3. The second-order valence-corrected chi connectivity index (χ2v) is 5.32. The van der Waals surface area contributed by atoms with Crippen LogP contribution in [0.25, 0.3) is 6.08 Å². The third-order valence-corrected chi connectivity index (χ3v) is 3.94. The summed E-state index contributed by atoms with van der Waals surface area (Å²) in [5.74, 6) is -1.48. The smallest absolute Gasteiger partial charge is 0.308 e. The van der Waals surface area contributed by atoms with Crippen molar-refractivity contribution in [2.75, 3.05) is 0 Å². The molecule has 0 saturated heterocycles. The molecule has 1 saturated carbocycles. The maximum absolute atomic E-state index is 11.7. The zero-order valence-electron chi connectivity index (χ0n) is 9.83. The van der Waals surface area contributed by atoms with Crippen LogP contribution in [0, 0.1) is 5.92 Å². The van der Waals surface area contributed by atoms with Crippen LogP contribution in [-0.4, -0.2) is 23.0 Å². The topological polar surface area (TPSA) is 66.4 Å². The number of nitrogens with one attached hydrogen (secondary N) is 1. The lowest BCUT2D eigenvalue weighted by Gasteiger charge is -2.16. The molecule has 1 aliphatic carbocycles. The van der Waals surface area contributed by atoms with Crippen molar-refractivity contribution in [1.29, 1.82) is 0 Å². The van der Waals surface area contributed by atoms with Crippen LogP contribution >= 0.6 is 11.3 Å². The molecule has 96 valence electrons. The standard InChI is InChI=1S/C13H15NO3S/c15-12(7-6-9-3-2-8-18-9)14-11-5-1-4-10(11)13(16)17/h2-3,6-8,10-11H,1,4-5H2,(H,14,15)(H,16,17). The van der Waals surface area contributed by atoms with Crippen molar-refractivity contribution in [3.63, 3.8) is 0 Å². The van der Waals surface area contributed by atoms with Crippen LogP contribution in [0.1, 0.15) is 24.1 Å². The molecule has 0 aliphatic heterocycles. The first-order valence-electron chi connectivity index (χ1n) is 5.91. The molecule has 2 atom stereocenters. The molecule has 4 nitrogen and oxygen atoms in total. The fraction of sp³-hybridized carbons (Fsp3) is 0.385. The van der Waals surface area contributed by atoms with E-state index in [2.05, 4.69) is 5.32 Å².